The molecule has 0 saturated heterocycles. The minimum atomic E-state index is -0.0178. The number of nitrogens with one attached hydrogen (secondary N) is 1. The lowest BCUT2D eigenvalue weighted by atomic mass is 10.1. The Morgan fingerprint density at radius 2 is 1.68 bits per heavy atom. The Morgan fingerprint density at radius 1 is 0.919 bits per heavy atom. The molecule has 0 spiro atoms. The molecule has 1 amide bonds. The van der Waals surface area contributed by atoms with Crippen LogP contribution >= 0.6 is 15.9 Å². The lowest BCUT2D eigenvalue weighted by molar-refractivity contribution is 0.0953. The van der Waals surface area contributed by atoms with Gasteiger partial charge in [0.25, 0.3) is 5.91 Å². The van der Waals surface area contributed by atoms with Crippen molar-refractivity contribution < 1.29 is 9.53 Å². The molecule has 5 nitrogen and oxygen atoms in total. The van der Waals surface area contributed by atoms with Gasteiger partial charge in [-0.1, -0.05) is 40.5 Å². The Labute approximate surface area is 228 Å². The number of rotatable bonds is 13. The van der Waals surface area contributed by atoms with Crippen LogP contribution in [0.2, 0.25) is 0 Å². The number of fused-ring (bicyclic) bond motifs is 1. The summed E-state index contributed by atoms with van der Waals surface area (Å²) in [5.41, 5.74) is 5.42. The van der Waals surface area contributed by atoms with E-state index < -0.39 is 0 Å². The molecule has 1 aromatic heterocycles. The SMILES string of the molecule is Cc1cc(C)cc(OCCCCn2c(CCCCCNC(=O)c3ccc(Br)cc3)nc3ccccc32)c1. The first-order chi connectivity index (χ1) is 18.0. The number of halogens is 1. The molecule has 6 heteroatoms. The number of carbonyl (C=O) groups excluding carboxylic acids is 1. The fourth-order valence-electron chi connectivity index (χ4n) is 4.63. The van der Waals surface area contributed by atoms with E-state index in [1.54, 1.807) is 0 Å². The van der Waals surface area contributed by atoms with Gasteiger partial charge in [-0.05, 0) is 99.2 Å². The van der Waals surface area contributed by atoms with Crippen molar-refractivity contribution in [3.05, 3.63) is 93.7 Å². The fraction of sp³-hybridized carbons (Fsp3) is 0.355. The van der Waals surface area contributed by atoms with Crippen LogP contribution in [0.4, 0.5) is 0 Å². The van der Waals surface area contributed by atoms with Crippen LogP contribution < -0.4 is 10.1 Å². The second-order valence-electron chi connectivity index (χ2n) is 9.62. The molecule has 0 fully saturated rings. The molecule has 0 saturated carbocycles. The highest BCUT2D eigenvalue weighted by atomic mass is 79.9. The first-order valence-electron chi connectivity index (χ1n) is 13.2. The van der Waals surface area contributed by atoms with Crippen LogP contribution in [0.25, 0.3) is 11.0 Å². The average Bonchev–Trinajstić information content (AvgIpc) is 3.23. The van der Waals surface area contributed by atoms with E-state index >= 15 is 0 Å². The number of unbranched alkanes of at least 4 members (excludes halogenated alkanes) is 3. The number of para-hydroxylation sites is 2. The number of aryl methyl sites for hydroxylation is 4. The van der Waals surface area contributed by atoms with Crippen molar-refractivity contribution in [3.63, 3.8) is 0 Å². The highest BCUT2D eigenvalue weighted by Gasteiger charge is 2.10. The summed E-state index contributed by atoms with van der Waals surface area (Å²) in [7, 11) is 0. The number of nitrogens with zero attached hydrogens (tertiary/aromatic N) is 2. The molecule has 0 bridgehead atoms. The van der Waals surface area contributed by atoms with Crippen molar-refractivity contribution in [2.45, 2.75) is 58.9 Å². The van der Waals surface area contributed by atoms with Gasteiger partial charge in [-0.2, -0.15) is 0 Å². The molecule has 4 rings (SSSR count). The van der Waals surface area contributed by atoms with Gasteiger partial charge in [-0.15, -0.1) is 0 Å². The van der Waals surface area contributed by atoms with Crippen LogP contribution in [-0.2, 0) is 13.0 Å². The largest absolute Gasteiger partial charge is 0.494 e. The smallest absolute Gasteiger partial charge is 0.251 e. The fourth-order valence-corrected chi connectivity index (χ4v) is 4.90. The molecule has 1 heterocycles. The number of benzene rings is 3. The van der Waals surface area contributed by atoms with Crippen molar-refractivity contribution in [1.82, 2.24) is 14.9 Å². The number of aromatic nitrogens is 2. The first kappa shape index (κ1) is 26.9. The Balaban J connectivity index is 1.22. The van der Waals surface area contributed by atoms with Crippen LogP contribution in [-0.4, -0.2) is 28.6 Å². The zero-order valence-electron chi connectivity index (χ0n) is 21.8. The van der Waals surface area contributed by atoms with Gasteiger partial charge in [0, 0.05) is 29.5 Å². The van der Waals surface area contributed by atoms with E-state index in [1.807, 2.05) is 24.3 Å². The summed E-state index contributed by atoms with van der Waals surface area (Å²) in [4.78, 5) is 17.2. The summed E-state index contributed by atoms with van der Waals surface area (Å²) in [5.74, 6) is 2.09. The van der Waals surface area contributed by atoms with Gasteiger partial charge in [0.2, 0.25) is 0 Å². The zero-order valence-corrected chi connectivity index (χ0v) is 23.4. The van der Waals surface area contributed by atoms with E-state index in [4.69, 9.17) is 9.72 Å². The summed E-state index contributed by atoms with van der Waals surface area (Å²) < 4.78 is 9.35. The maximum Gasteiger partial charge on any atom is 0.251 e. The quantitative estimate of drug-likeness (QED) is 0.173. The number of hydrogen-bond acceptors (Lipinski definition) is 3. The van der Waals surface area contributed by atoms with Crippen molar-refractivity contribution >= 4 is 32.9 Å². The van der Waals surface area contributed by atoms with Gasteiger partial charge in [-0.25, -0.2) is 4.98 Å². The van der Waals surface area contributed by atoms with Gasteiger partial charge < -0.3 is 14.6 Å². The minimum absolute atomic E-state index is 0.0178. The molecule has 4 aromatic rings. The Bertz CT molecular complexity index is 1290. The lowest BCUT2D eigenvalue weighted by Gasteiger charge is -2.11. The highest BCUT2D eigenvalue weighted by Crippen LogP contribution is 2.20. The number of carbonyl (C=O) groups is 1. The molecular formula is C31H36BrN3O2. The zero-order chi connectivity index (χ0) is 26.0. The summed E-state index contributed by atoms with van der Waals surface area (Å²) in [6, 6.07) is 22.2. The Kier molecular flexibility index (Phi) is 9.78. The van der Waals surface area contributed by atoms with E-state index in [0.717, 1.165) is 73.2 Å². The van der Waals surface area contributed by atoms with Gasteiger partial charge in [0.15, 0.2) is 0 Å². The number of ether oxygens (including phenoxy) is 1. The predicted molar refractivity (Wildman–Crippen MR) is 154 cm³/mol. The van der Waals surface area contributed by atoms with Crippen LogP contribution in [0, 0.1) is 13.8 Å². The van der Waals surface area contributed by atoms with Gasteiger partial charge in [0.1, 0.15) is 11.6 Å². The molecule has 194 valence electrons. The topological polar surface area (TPSA) is 56.1 Å². The van der Waals surface area contributed by atoms with Gasteiger partial charge >= 0.3 is 0 Å². The second-order valence-corrected chi connectivity index (χ2v) is 10.5. The third kappa shape index (κ3) is 7.93. The molecule has 0 aliphatic rings. The average molecular weight is 563 g/mol. The standard InChI is InChI=1S/C31H36BrN3O2/c1-23-20-24(2)22-27(21-23)37-19-9-8-18-35-29-11-6-5-10-28(29)34-30(35)12-4-3-7-17-33-31(36)25-13-15-26(32)16-14-25/h5-6,10-11,13-16,20-22H,3-4,7-9,12,17-19H2,1-2H3,(H,33,36). The third-order valence-corrected chi connectivity index (χ3v) is 6.97. The Morgan fingerprint density at radius 3 is 2.46 bits per heavy atom. The van der Waals surface area contributed by atoms with Crippen molar-refractivity contribution in [2.75, 3.05) is 13.2 Å². The summed E-state index contributed by atoms with van der Waals surface area (Å²) in [6.07, 6.45) is 6.03. The minimum Gasteiger partial charge on any atom is -0.494 e. The highest BCUT2D eigenvalue weighted by molar-refractivity contribution is 9.10. The van der Waals surface area contributed by atoms with E-state index in [2.05, 4.69) is 82.1 Å². The molecule has 0 aliphatic carbocycles. The third-order valence-electron chi connectivity index (χ3n) is 6.44. The molecule has 3 aromatic carbocycles. The second kappa shape index (κ2) is 13.4. The number of hydrogen-bond donors (Lipinski definition) is 1. The van der Waals surface area contributed by atoms with E-state index in [0.29, 0.717) is 12.1 Å². The van der Waals surface area contributed by atoms with Crippen molar-refractivity contribution in [1.29, 1.82) is 0 Å². The first-order valence-corrected chi connectivity index (χ1v) is 14.0. The molecule has 0 atom stereocenters. The van der Waals surface area contributed by atoms with Crippen LogP contribution in [0.15, 0.2) is 71.2 Å². The maximum absolute atomic E-state index is 12.3. The van der Waals surface area contributed by atoms with E-state index in [1.165, 1.54) is 16.6 Å². The van der Waals surface area contributed by atoms with E-state index in [-0.39, 0.29) is 5.91 Å². The molecular weight excluding hydrogens is 526 g/mol. The van der Waals surface area contributed by atoms with Crippen LogP contribution in [0.1, 0.15) is 59.4 Å². The van der Waals surface area contributed by atoms with Crippen LogP contribution in [0.5, 0.6) is 5.75 Å². The lowest BCUT2D eigenvalue weighted by Crippen LogP contribution is -2.24. The van der Waals surface area contributed by atoms with Crippen molar-refractivity contribution in [3.8, 4) is 5.75 Å². The summed E-state index contributed by atoms with van der Waals surface area (Å²) in [6.45, 7) is 6.55. The molecule has 1 N–H and O–H groups in total. The molecule has 0 unspecified atom stereocenters. The normalized spacial score (nSPS) is 11.1. The molecule has 37 heavy (non-hydrogen) atoms. The molecule has 0 aliphatic heterocycles. The van der Waals surface area contributed by atoms with Gasteiger partial charge in [-0.3, -0.25) is 4.79 Å². The number of amides is 1. The summed E-state index contributed by atoms with van der Waals surface area (Å²) in [5, 5.41) is 3.02. The predicted octanol–water partition coefficient (Wildman–Crippen LogP) is 7.42. The Hall–Kier alpha value is -3.12. The van der Waals surface area contributed by atoms with Gasteiger partial charge in [0.05, 0.1) is 17.6 Å². The summed E-state index contributed by atoms with van der Waals surface area (Å²) >= 11 is 3.40. The maximum atomic E-state index is 12.3. The van der Waals surface area contributed by atoms with Crippen molar-refractivity contribution in [2.24, 2.45) is 0 Å². The molecule has 0 radical (unpaired) electrons. The monoisotopic (exact) mass is 561 g/mol. The van der Waals surface area contributed by atoms with Crippen LogP contribution in [0.3, 0.4) is 0 Å². The number of imidazole rings is 1. The van der Waals surface area contributed by atoms with E-state index in [9.17, 15) is 4.79 Å².